The Morgan fingerprint density at radius 2 is 1.30 bits per heavy atom. The Morgan fingerprint density at radius 3 is 1.55 bits per heavy atom. The summed E-state index contributed by atoms with van der Waals surface area (Å²) >= 11 is 0. The summed E-state index contributed by atoms with van der Waals surface area (Å²) in [6.07, 6.45) is 1.39. The van der Waals surface area contributed by atoms with Crippen molar-refractivity contribution >= 4 is 24.0 Å². The molecule has 0 aromatic heterocycles. The van der Waals surface area contributed by atoms with Gasteiger partial charge in [0.05, 0.1) is 0 Å². The zero-order chi connectivity index (χ0) is 14.8. The van der Waals surface area contributed by atoms with E-state index in [2.05, 4.69) is 55.8 Å². The third-order valence-corrected chi connectivity index (χ3v) is 2.36. The highest BCUT2D eigenvalue weighted by molar-refractivity contribution is 6.67. The van der Waals surface area contributed by atoms with Crippen LogP contribution in [0.25, 0.3) is 0 Å². The zero-order valence-corrected chi connectivity index (χ0v) is 11.9. The number of allylic oxidation sites excluding steroid dienone is 2. The Morgan fingerprint density at radius 1 is 0.900 bits per heavy atom. The Hall–Kier alpha value is -2.29. The lowest BCUT2D eigenvalue weighted by atomic mass is 9.64. The van der Waals surface area contributed by atoms with Gasteiger partial charge in [-0.2, -0.15) is 0 Å². The molecular formula is C17H19BNO. The molecule has 0 amide bonds. The zero-order valence-electron chi connectivity index (χ0n) is 11.9. The van der Waals surface area contributed by atoms with E-state index >= 15 is 0 Å². The number of carbonyl (C=O) groups excluding carboxylic acids is 1. The van der Waals surface area contributed by atoms with Gasteiger partial charge in [0.25, 0.3) is 0 Å². The van der Waals surface area contributed by atoms with Crippen LogP contribution < -0.4 is 16.7 Å². The molecule has 0 aliphatic heterocycles. The van der Waals surface area contributed by atoms with Crippen molar-refractivity contribution in [2.45, 2.75) is 13.8 Å². The van der Waals surface area contributed by atoms with Crippen LogP contribution >= 0.6 is 0 Å². The van der Waals surface area contributed by atoms with Crippen LogP contribution in [-0.4, -0.2) is 13.1 Å². The predicted molar refractivity (Wildman–Crippen MR) is 86.5 cm³/mol. The highest BCUT2D eigenvalue weighted by Gasteiger charge is 1.95. The van der Waals surface area contributed by atoms with Crippen molar-refractivity contribution in [3.05, 3.63) is 72.4 Å². The van der Waals surface area contributed by atoms with E-state index in [0.29, 0.717) is 5.70 Å². The topological polar surface area (TPSA) is 43.1 Å². The second kappa shape index (κ2) is 8.75. The van der Waals surface area contributed by atoms with Crippen molar-refractivity contribution in [2.24, 2.45) is 5.73 Å². The molecule has 0 saturated heterocycles. The van der Waals surface area contributed by atoms with Gasteiger partial charge in [0.2, 0.25) is 0 Å². The molecule has 0 spiro atoms. The molecule has 2 aromatic carbocycles. The first kappa shape index (κ1) is 15.8. The van der Waals surface area contributed by atoms with Crippen molar-refractivity contribution in [2.75, 3.05) is 0 Å². The van der Waals surface area contributed by atoms with E-state index in [1.54, 1.807) is 6.92 Å². The molecule has 101 valence electrons. The number of rotatable bonds is 3. The summed E-state index contributed by atoms with van der Waals surface area (Å²) in [6.45, 7) is 3.15. The molecule has 2 rings (SSSR count). The van der Waals surface area contributed by atoms with Crippen LogP contribution in [-0.2, 0) is 4.79 Å². The molecule has 2 aromatic rings. The summed E-state index contributed by atoms with van der Waals surface area (Å²) in [5.41, 5.74) is 8.18. The molecule has 0 unspecified atom stereocenters. The van der Waals surface area contributed by atoms with Gasteiger partial charge in [0, 0.05) is 5.70 Å². The first-order valence-electron chi connectivity index (χ1n) is 6.47. The van der Waals surface area contributed by atoms with Gasteiger partial charge in [-0.05, 0) is 19.9 Å². The smallest absolute Gasteiger partial charge is 0.191 e. The predicted octanol–water partition coefficient (Wildman–Crippen LogP) is 1.78. The molecule has 1 radical (unpaired) electrons. The van der Waals surface area contributed by atoms with Gasteiger partial charge in [-0.1, -0.05) is 71.6 Å². The molecule has 0 heterocycles. The van der Waals surface area contributed by atoms with Gasteiger partial charge in [0.15, 0.2) is 13.1 Å². The van der Waals surface area contributed by atoms with Crippen LogP contribution in [0.1, 0.15) is 13.8 Å². The van der Waals surface area contributed by atoms with Crippen molar-refractivity contribution in [1.29, 1.82) is 0 Å². The third-order valence-electron chi connectivity index (χ3n) is 2.36. The van der Waals surface area contributed by atoms with E-state index in [9.17, 15) is 4.79 Å². The average Bonchev–Trinajstić information content (AvgIpc) is 2.40. The first-order chi connectivity index (χ1) is 9.58. The summed E-state index contributed by atoms with van der Waals surface area (Å²) in [5, 5.41) is 0. The maximum Gasteiger partial charge on any atom is 0.191 e. The number of carbonyl (C=O) groups is 1. The third kappa shape index (κ3) is 7.22. The molecule has 0 fully saturated rings. The Labute approximate surface area is 121 Å². The maximum atomic E-state index is 10.1. The van der Waals surface area contributed by atoms with E-state index in [1.807, 2.05) is 12.1 Å². The summed E-state index contributed by atoms with van der Waals surface area (Å²) in [5.74, 6) is 0.000000000000000444. The standard InChI is InChI=1S/C12H10B.C5H9NO/c1-3-7-11(8-4-1)13-12-9-5-2-6-10-12;1-4(6)3-5(2)7/h1-10H;3H,6H2,1-2H3. The Balaban J connectivity index is 0.000000246. The monoisotopic (exact) mass is 264 g/mol. The summed E-state index contributed by atoms with van der Waals surface area (Å²) in [6, 6.07) is 20.7. The van der Waals surface area contributed by atoms with E-state index in [-0.39, 0.29) is 5.78 Å². The minimum absolute atomic E-state index is 0.000000000000000444. The van der Waals surface area contributed by atoms with Gasteiger partial charge in [0.1, 0.15) is 0 Å². The van der Waals surface area contributed by atoms with Crippen molar-refractivity contribution in [3.8, 4) is 0 Å². The summed E-state index contributed by atoms with van der Waals surface area (Å²) in [4.78, 5) is 10.1. The summed E-state index contributed by atoms with van der Waals surface area (Å²) in [7, 11) is 2.17. The highest BCUT2D eigenvalue weighted by atomic mass is 16.1. The normalized spacial score (nSPS) is 10.2. The SMILES string of the molecule is CC(=O)C=C(C)N.[B](c1ccccc1)c1ccccc1. The summed E-state index contributed by atoms with van der Waals surface area (Å²) < 4.78 is 0. The van der Waals surface area contributed by atoms with Crippen LogP contribution in [0.2, 0.25) is 0 Å². The quantitative estimate of drug-likeness (QED) is 0.678. The minimum Gasteiger partial charge on any atom is -0.402 e. The van der Waals surface area contributed by atoms with E-state index in [1.165, 1.54) is 23.9 Å². The van der Waals surface area contributed by atoms with Gasteiger partial charge in [-0.15, -0.1) is 0 Å². The average molecular weight is 264 g/mol. The molecule has 3 heteroatoms. The molecule has 2 nitrogen and oxygen atoms in total. The number of hydrogen-bond acceptors (Lipinski definition) is 2. The first-order valence-corrected chi connectivity index (χ1v) is 6.47. The van der Waals surface area contributed by atoms with Crippen molar-refractivity contribution in [3.63, 3.8) is 0 Å². The number of ketones is 1. The Kier molecular flexibility index (Phi) is 6.90. The second-order valence-corrected chi connectivity index (χ2v) is 4.46. The van der Waals surface area contributed by atoms with Gasteiger partial charge in [-0.3, -0.25) is 4.79 Å². The molecule has 0 atom stereocenters. The van der Waals surface area contributed by atoms with Gasteiger partial charge in [-0.25, -0.2) is 0 Å². The van der Waals surface area contributed by atoms with Crippen molar-refractivity contribution < 1.29 is 4.79 Å². The number of hydrogen-bond donors (Lipinski definition) is 1. The van der Waals surface area contributed by atoms with E-state index in [4.69, 9.17) is 5.73 Å². The van der Waals surface area contributed by atoms with E-state index < -0.39 is 0 Å². The molecule has 20 heavy (non-hydrogen) atoms. The maximum absolute atomic E-state index is 10.1. The molecule has 0 aliphatic carbocycles. The van der Waals surface area contributed by atoms with Crippen molar-refractivity contribution in [1.82, 2.24) is 0 Å². The fourth-order valence-corrected chi connectivity index (χ4v) is 1.61. The highest BCUT2D eigenvalue weighted by Crippen LogP contribution is 1.84. The minimum atomic E-state index is 0.000000000000000444. The lowest BCUT2D eigenvalue weighted by Gasteiger charge is -1.98. The van der Waals surface area contributed by atoms with E-state index in [0.717, 1.165) is 0 Å². The Bertz CT molecular complexity index is 508. The molecule has 0 bridgehead atoms. The van der Waals surface area contributed by atoms with Crippen LogP contribution in [0.4, 0.5) is 0 Å². The second-order valence-electron chi connectivity index (χ2n) is 4.46. The molecular weight excluding hydrogens is 245 g/mol. The molecule has 0 aliphatic rings. The fraction of sp³-hybridized carbons (Fsp3) is 0.118. The molecule has 2 N–H and O–H groups in total. The fourth-order valence-electron chi connectivity index (χ4n) is 1.61. The number of benzene rings is 2. The van der Waals surface area contributed by atoms with Crippen LogP contribution in [0.5, 0.6) is 0 Å². The van der Waals surface area contributed by atoms with Crippen LogP contribution in [0, 0.1) is 0 Å². The van der Waals surface area contributed by atoms with Crippen LogP contribution in [0.15, 0.2) is 72.4 Å². The largest absolute Gasteiger partial charge is 0.402 e. The number of nitrogens with two attached hydrogens (primary N) is 1. The van der Waals surface area contributed by atoms with Gasteiger partial charge >= 0.3 is 0 Å². The lowest BCUT2D eigenvalue weighted by molar-refractivity contribution is -0.112. The van der Waals surface area contributed by atoms with Gasteiger partial charge < -0.3 is 5.73 Å². The lowest BCUT2D eigenvalue weighted by Crippen LogP contribution is -2.26. The molecule has 0 saturated carbocycles. The van der Waals surface area contributed by atoms with Crippen LogP contribution in [0.3, 0.4) is 0 Å².